The first-order chi connectivity index (χ1) is 12.1. The van der Waals surface area contributed by atoms with Gasteiger partial charge in [-0.05, 0) is 29.0 Å². The summed E-state index contributed by atoms with van der Waals surface area (Å²) in [5.41, 5.74) is 3.62. The lowest BCUT2D eigenvalue weighted by atomic mass is 10.0. The Bertz CT molecular complexity index is 950. The molecule has 0 saturated heterocycles. The van der Waals surface area contributed by atoms with Crippen molar-refractivity contribution < 1.29 is 14.3 Å². The minimum atomic E-state index is -0.418. The molecule has 0 heterocycles. The predicted molar refractivity (Wildman–Crippen MR) is 96.8 cm³/mol. The second kappa shape index (κ2) is 7.40. The summed E-state index contributed by atoms with van der Waals surface area (Å²) in [5.74, 6) is -0.340. The number of fused-ring (bicyclic) bond motifs is 1. The Balaban J connectivity index is 1.91. The number of carbonyl (C=O) groups excluding carboxylic acids is 2. The second-order valence-electron chi connectivity index (χ2n) is 5.36. The van der Waals surface area contributed by atoms with Crippen molar-refractivity contribution in [2.45, 2.75) is 6.92 Å². The van der Waals surface area contributed by atoms with E-state index in [4.69, 9.17) is 4.74 Å². The molecule has 1 N–H and O–H groups in total. The van der Waals surface area contributed by atoms with Crippen LogP contribution in [-0.4, -0.2) is 18.1 Å². The zero-order valence-corrected chi connectivity index (χ0v) is 13.6. The molecule has 0 aliphatic heterocycles. The van der Waals surface area contributed by atoms with Crippen LogP contribution < -0.4 is 10.2 Å². The molecule has 0 atom stereocenters. The molecule has 0 bridgehead atoms. The van der Waals surface area contributed by atoms with Crippen LogP contribution in [0.5, 0.6) is 5.75 Å². The van der Waals surface area contributed by atoms with E-state index in [9.17, 15) is 9.59 Å². The van der Waals surface area contributed by atoms with E-state index in [1.807, 2.05) is 36.4 Å². The maximum absolute atomic E-state index is 12.1. The van der Waals surface area contributed by atoms with Crippen LogP contribution in [0.2, 0.25) is 0 Å². The minimum absolute atomic E-state index is 0.314. The number of rotatable bonds is 4. The van der Waals surface area contributed by atoms with Gasteiger partial charge in [0.05, 0.1) is 6.21 Å². The van der Waals surface area contributed by atoms with E-state index in [1.165, 1.54) is 13.1 Å². The van der Waals surface area contributed by atoms with Gasteiger partial charge in [0, 0.05) is 18.1 Å². The van der Waals surface area contributed by atoms with Crippen molar-refractivity contribution in [3.8, 4) is 5.75 Å². The molecule has 124 valence electrons. The van der Waals surface area contributed by atoms with E-state index in [0.29, 0.717) is 16.9 Å². The van der Waals surface area contributed by atoms with Crippen LogP contribution >= 0.6 is 0 Å². The third kappa shape index (κ3) is 3.90. The summed E-state index contributed by atoms with van der Waals surface area (Å²) in [4.78, 5) is 23.4. The standard InChI is InChI=1S/C20H16N2O3/c1-14(23)25-19-12-11-15-7-5-6-10-17(15)18(19)13-21-22-20(24)16-8-3-2-4-9-16/h2-13H,1H3,(H,22,24)/b21-13+. The zero-order chi connectivity index (χ0) is 17.6. The molecule has 5 heteroatoms. The number of carbonyl (C=O) groups is 2. The number of nitrogens with zero attached hydrogens (tertiary/aromatic N) is 1. The Hall–Kier alpha value is -3.47. The second-order valence-corrected chi connectivity index (χ2v) is 5.36. The maximum Gasteiger partial charge on any atom is 0.308 e. The Labute approximate surface area is 144 Å². The first-order valence-corrected chi connectivity index (χ1v) is 7.74. The van der Waals surface area contributed by atoms with E-state index in [1.54, 1.807) is 30.3 Å². The highest BCUT2D eigenvalue weighted by Gasteiger charge is 2.09. The molecule has 0 aliphatic rings. The highest BCUT2D eigenvalue weighted by atomic mass is 16.5. The molecule has 3 aromatic rings. The van der Waals surface area contributed by atoms with Gasteiger partial charge >= 0.3 is 5.97 Å². The molecule has 0 saturated carbocycles. The van der Waals surface area contributed by atoms with Gasteiger partial charge in [-0.3, -0.25) is 9.59 Å². The van der Waals surface area contributed by atoms with Crippen LogP contribution in [0.3, 0.4) is 0 Å². The molecule has 0 fully saturated rings. The summed E-state index contributed by atoms with van der Waals surface area (Å²) < 4.78 is 5.25. The summed E-state index contributed by atoms with van der Waals surface area (Å²) in [6.07, 6.45) is 1.49. The van der Waals surface area contributed by atoms with Crippen molar-refractivity contribution >= 4 is 28.9 Å². The van der Waals surface area contributed by atoms with Gasteiger partial charge in [-0.1, -0.05) is 48.5 Å². The molecule has 3 rings (SSSR count). The third-order valence-electron chi connectivity index (χ3n) is 3.58. The number of hydrogen-bond donors (Lipinski definition) is 1. The normalized spacial score (nSPS) is 10.8. The zero-order valence-electron chi connectivity index (χ0n) is 13.6. The lowest BCUT2D eigenvalue weighted by Crippen LogP contribution is -2.17. The van der Waals surface area contributed by atoms with Gasteiger partial charge in [-0.25, -0.2) is 5.43 Å². The summed E-state index contributed by atoms with van der Waals surface area (Å²) in [5, 5.41) is 5.87. The fourth-order valence-corrected chi connectivity index (χ4v) is 2.46. The first kappa shape index (κ1) is 16.4. The number of ether oxygens (including phenoxy) is 1. The summed E-state index contributed by atoms with van der Waals surface area (Å²) in [6.45, 7) is 1.34. The lowest BCUT2D eigenvalue weighted by Gasteiger charge is -2.09. The van der Waals surface area contributed by atoms with Crippen LogP contribution in [0.25, 0.3) is 10.8 Å². The van der Waals surface area contributed by atoms with Crippen LogP contribution in [0.4, 0.5) is 0 Å². The van der Waals surface area contributed by atoms with Gasteiger partial charge in [0.15, 0.2) is 0 Å². The number of nitrogens with one attached hydrogen (secondary N) is 1. The Morgan fingerprint density at radius 2 is 1.68 bits per heavy atom. The van der Waals surface area contributed by atoms with E-state index >= 15 is 0 Å². The summed E-state index contributed by atoms with van der Waals surface area (Å²) in [7, 11) is 0. The van der Waals surface area contributed by atoms with Crippen molar-refractivity contribution in [2.75, 3.05) is 0 Å². The molecule has 0 unspecified atom stereocenters. The highest BCUT2D eigenvalue weighted by molar-refractivity contribution is 6.03. The number of amides is 1. The Kier molecular flexibility index (Phi) is 4.85. The van der Waals surface area contributed by atoms with Crippen molar-refractivity contribution in [1.29, 1.82) is 0 Å². The molecule has 5 nitrogen and oxygen atoms in total. The molecule has 0 radical (unpaired) electrons. The molecule has 0 spiro atoms. The summed E-state index contributed by atoms with van der Waals surface area (Å²) in [6, 6.07) is 20.0. The number of benzene rings is 3. The van der Waals surface area contributed by atoms with E-state index in [2.05, 4.69) is 10.5 Å². The van der Waals surface area contributed by atoms with Crippen LogP contribution in [0.15, 0.2) is 71.8 Å². The fraction of sp³-hybridized carbons (Fsp3) is 0.0500. The van der Waals surface area contributed by atoms with Crippen molar-refractivity contribution in [3.05, 3.63) is 77.9 Å². The van der Waals surface area contributed by atoms with Crippen LogP contribution in [-0.2, 0) is 4.79 Å². The summed E-state index contributed by atoms with van der Waals surface area (Å²) >= 11 is 0. The fourth-order valence-electron chi connectivity index (χ4n) is 2.46. The molecular weight excluding hydrogens is 316 g/mol. The quantitative estimate of drug-likeness (QED) is 0.344. The molecule has 25 heavy (non-hydrogen) atoms. The molecule has 0 aromatic heterocycles. The molecule has 1 amide bonds. The van der Waals surface area contributed by atoms with Crippen LogP contribution in [0.1, 0.15) is 22.8 Å². The smallest absolute Gasteiger partial charge is 0.308 e. The van der Waals surface area contributed by atoms with E-state index in [0.717, 1.165) is 10.8 Å². The van der Waals surface area contributed by atoms with Crippen molar-refractivity contribution in [1.82, 2.24) is 5.43 Å². The monoisotopic (exact) mass is 332 g/mol. The maximum atomic E-state index is 12.1. The van der Waals surface area contributed by atoms with Gasteiger partial charge in [-0.2, -0.15) is 5.10 Å². The van der Waals surface area contributed by atoms with Gasteiger partial charge in [0.1, 0.15) is 5.75 Å². The predicted octanol–water partition coefficient (Wildman–Crippen LogP) is 3.53. The topological polar surface area (TPSA) is 67.8 Å². The molecule has 3 aromatic carbocycles. The highest BCUT2D eigenvalue weighted by Crippen LogP contribution is 2.26. The van der Waals surface area contributed by atoms with Gasteiger partial charge in [0.2, 0.25) is 0 Å². The third-order valence-corrected chi connectivity index (χ3v) is 3.58. The van der Waals surface area contributed by atoms with Crippen molar-refractivity contribution in [2.24, 2.45) is 5.10 Å². The van der Waals surface area contributed by atoms with Gasteiger partial charge in [-0.15, -0.1) is 0 Å². The lowest BCUT2D eigenvalue weighted by molar-refractivity contribution is -0.131. The van der Waals surface area contributed by atoms with E-state index < -0.39 is 5.97 Å². The number of hydrogen-bond acceptors (Lipinski definition) is 4. The van der Waals surface area contributed by atoms with Gasteiger partial charge < -0.3 is 4.74 Å². The number of hydrazone groups is 1. The number of esters is 1. The largest absolute Gasteiger partial charge is 0.426 e. The average molecular weight is 332 g/mol. The van der Waals surface area contributed by atoms with Crippen molar-refractivity contribution in [3.63, 3.8) is 0 Å². The van der Waals surface area contributed by atoms with Gasteiger partial charge in [0.25, 0.3) is 5.91 Å². The van der Waals surface area contributed by atoms with E-state index in [-0.39, 0.29) is 5.91 Å². The molecular formula is C20H16N2O3. The SMILES string of the molecule is CC(=O)Oc1ccc2ccccc2c1/C=N/NC(=O)c1ccccc1. The average Bonchev–Trinajstić information content (AvgIpc) is 2.63. The Morgan fingerprint density at radius 3 is 2.44 bits per heavy atom. The Morgan fingerprint density at radius 1 is 0.960 bits per heavy atom. The minimum Gasteiger partial charge on any atom is -0.426 e. The molecule has 0 aliphatic carbocycles. The first-order valence-electron chi connectivity index (χ1n) is 7.74. The van der Waals surface area contributed by atoms with Crippen LogP contribution in [0, 0.1) is 0 Å².